The first-order valence-electron chi connectivity index (χ1n) is 23.7. The Morgan fingerprint density at radius 1 is 0.421 bits per heavy atom. The van der Waals surface area contributed by atoms with Gasteiger partial charge in [0, 0.05) is 6.04 Å². The number of unbranched alkanes of at least 4 members (excludes halogenated alkanes) is 28. The van der Waals surface area contributed by atoms with Crippen molar-refractivity contribution in [1.29, 1.82) is 0 Å². The summed E-state index contributed by atoms with van der Waals surface area (Å²) in [6.07, 6.45) is 48.9. The SMILES string of the molecule is CCCCCCCCCCCC(CCCCCCCCC)N(C)C.CCCCCCCCCC[N+](C)(C)CCCCCCCCCC.O=S(=O)(O)O.O=S(=O)([O-])O. The Balaban J connectivity index is -0.000000397. The zero-order valence-corrected chi connectivity index (χ0v) is 40.8. The van der Waals surface area contributed by atoms with Crippen LogP contribution in [-0.4, -0.2) is 91.8 Å². The van der Waals surface area contributed by atoms with Crippen LogP contribution >= 0.6 is 0 Å². The minimum atomic E-state index is -4.92. The molecule has 0 radical (unpaired) electrons. The van der Waals surface area contributed by atoms with Crippen LogP contribution in [0.3, 0.4) is 0 Å². The van der Waals surface area contributed by atoms with Gasteiger partial charge < -0.3 is 13.9 Å². The average Bonchev–Trinajstić information content (AvgIpc) is 3.10. The Bertz CT molecular complexity index is 912. The highest BCUT2D eigenvalue weighted by Crippen LogP contribution is 2.18. The van der Waals surface area contributed by atoms with Crippen molar-refractivity contribution in [3.8, 4) is 0 Å². The lowest BCUT2D eigenvalue weighted by atomic mass is 9.99. The van der Waals surface area contributed by atoms with Crippen LogP contribution in [0, 0.1) is 0 Å². The lowest BCUT2D eigenvalue weighted by Crippen LogP contribution is -2.41. The van der Waals surface area contributed by atoms with Crippen molar-refractivity contribution in [2.45, 2.75) is 252 Å². The molecule has 57 heavy (non-hydrogen) atoms. The van der Waals surface area contributed by atoms with Crippen LogP contribution in [0.1, 0.15) is 246 Å². The minimum Gasteiger partial charge on any atom is -0.726 e. The van der Waals surface area contributed by atoms with E-state index in [1.807, 2.05) is 0 Å². The van der Waals surface area contributed by atoms with Crippen molar-refractivity contribution >= 4 is 20.8 Å². The van der Waals surface area contributed by atoms with Crippen LogP contribution in [0.5, 0.6) is 0 Å². The van der Waals surface area contributed by atoms with Crippen molar-refractivity contribution in [2.24, 2.45) is 0 Å². The van der Waals surface area contributed by atoms with E-state index in [0.29, 0.717) is 0 Å². The van der Waals surface area contributed by atoms with Crippen molar-refractivity contribution in [1.82, 2.24) is 4.90 Å². The van der Waals surface area contributed by atoms with Crippen LogP contribution in [0.15, 0.2) is 0 Å². The van der Waals surface area contributed by atoms with Gasteiger partial charge in [0.15, 0.2) is 0 Å². The van der Waals surface area contributed by atoms with Crippen LogP contribution < -0.4 is 0 Å². The van der Waals surface area contributed by atoms with E-state index in [9.17, 15) is 0 Å². The first-order valence-corrected chi connectivity index (χ1v) is 26.5. The molecule has 350 valence electrons. The highest BCUT2D eigenvalue weighted by atomic mass is 32.3. The molecule has 0 heterocycles. The maximum absolute atomic E-state index is 8.74. The molecule has 12 heteroatoms. The molecule has 0 bridgehead atoms. The van der Waals surface area contributed by atoms with Crippen LogP contribution in [-0.2, 0) is 20.8 Å². The Morgan fingerprint density at radius 3 is 0.789 bits per heavy atom. The standard InChI is InChI=1S/C23H49N.C22H48N.2H2O4S/c1-5-7-9-11-13-14-16-18-20-22-23(24(3)4)21-19-17-15-12-10-8-6-2;1-5-7-9-11-13-15-17-19-21-23(3,4)22-20-18-16-14-12-10-8-6-2;2*1-5(2,3)4/h23H,5-22H2,1-4H3;5-22H2,1-4H3;2*(H2,1,2,3,4)/q;+1;;/p-1. The van der Waals surface area contributed by atoms with Crippen molar-refractivity contribution in [3.05, 3.63) is 0 Å². The van der Waals surface area contributed by atoms with E-state index in [2.05, 4.69) is 60.8 Å². The molecule has 10 nitrogen and oxygen atoms in total. The van der Waals surface area contributed by atoms with Crippen molar-refractivity contribution in [2.75, 3.05) is 41.3 Å². The summed E-state index contributed by atoms with van der Waals surface area (Å²) in [6, 6.07) is 0.824. The number of quaternary nitrogens is 1. The van der Waals surface area contributed by atoms with E-state index in [1.54, 1.807) is 0 Å². The number of hydrogen-bond acceptors (Lipinski definition) is 6. The molecule has 0 rings (SSSR count). The minimum absolute atomic E-state index is 0.824. The van der Waals surface area contributed by atoms with E-state index in [-0.39, 0.29) is 0 Å². The molecular formula is C45H100N2O8S2. The summed E-state index contributed by atoms with van der Waals surface area (Å²) in [6.45, 7) is 12.0. The Morgan fingerprint density at radius 2 is 0.596 bits per heavy atom. The second-order valence-electron chi connectivity index (χ2n) is 17.4. The molecule has 0 fully saturated rings. The Hall–Kier alpha value is -0.340. The van der Waals surface area contributed by atoms with E-state index in [4.69, 9.17) is 35.0 Å². The fraction of sp³-hybridized carbons (Fsp3) is 1.00. The monoisotopic (exact) mass is 861 g/mol. The van der Waals surface area contributed by atoms with Gasteiger partial charge in [0.2, 0.25) is 10.4 Å². The fourth-order valence-electron chi connectivity index (χ4n) is 7.15. The van der Waals surface area contributed by atoms with Gasteiger partial charge in [0.25, 0.3) is 0 Å². The zero-order chi connectivity index (χ0) is 44.1. The summed E-state index contributed by atoms with van der Waals surface area (Å²) in [5.41, 5.74) is 0. The summed E-state index contributed by atoms with van der Waals surface area (Å²) >= 11 is 0. The third kappa shape index (κ3) is 76.9. The third-order valence-electron chi connectivity index (χ3n) is 10.7. The smallest absolute Gasteiger partial charge is 0.394 e. The molecule has 0 aliphatic carbocycles. The van der Waals surface area contributed by atoms with Gasteiger partial charge in [-0.3, -0.25) is 13.7 Å². The Labute approximate surface area is 357 Å². The molecule has 0 aromatic heterocycles. The van der Waals surface area contributed by atoms with Gasteiger partial charge in [-0.2, -0.15) is 8.42 Å². The summed E-state index contributed by atoms with van der Waals surface area (Å²) in [4.78, 5) is 2.47. The summed E-state index contributed by atoms with van der Waals surface area (Å²) in [5.74, 6) is 0. The molecule has 0 saturated carbocycles. The number of rotatable bonds is 37. The van der Waals surface area contributed by atoms with Gasteiger partial charge in [0.05, 0.1) is 27.2 Å². The molecule has 0 aromatic carbocycles. The van der Waals surface area contributed by atoms with Crippen molar-refractivity contribution < 1.29 is 39.5 Å². The molecule has 0 aromatic rings. The van der Waals surface area contributed by atoms with E-state index in [1.165, 1.54) is 236 Å². The molecular weight excluding hydrogens is 761 g/mol. The third-order valence-corrected chi connectivity index (χ3v) is 10.7. The van der Waals surface area contributed by atoms with Gasteiger partial charge in [-0.1, -0.05) is 207 Å². The molecule has 0 saturated heterocycles. The quantitative estimate of drug-likeness (QED) is 0.0239. The number of hydrogen-bond donors (Lipinski definition) is 3. The van der Waals surface area contributed by atoms with Crippen molar-refractivity contribution in [3.63, 3.8) is 0 Å². The second kappa shape index (κ2) is 46.7. The molecule has 0 aliphatic rings. The molecule has 0 spiro atoms. The van der Waals surface area contributed by atoms with Crippen LogP contribution in [0.4, 0.5) is 0 Å². The highest BCUT2D eigenvalue weighted by Gasteiger charge is 2.13. The van der Waals surface area contributed by atoms with Crippen LogP contribution in [0.25, 0.3) is 0 Å². The first-order chi connectivity index (χ1) is 26.8. The topological polar surface area (TPSA) is 155 Å². The maximum atomic E-state index is 8.74. The van der Waals surface area contributed by atoms with Gasteiger partial charge in [-0.05, 0) is 52.6 Å². The van der Waals surface area contributed by atoms with E-state index < -0.39 is 20.8 Å². The van der Waals surface area contributed by atoms with Gasteiger partial charge in [0.1, 0.15) is 0 Å². The van der Waals surface area contributed by atoms with Crippen LogP contribution in [0.2, 0.25) is 0 Å². The number of nitrogens with zero attached hydrogens (tertiary/aromatic N) is 2. The summed E-state index contributed by atoms with van der Waals surface area (Å²) in [7, 11) is -0.162. The molecule has 0 amide bonds. The molecule has 1 atom stereocenters. The fourth-order valence-corrected chi connectivity index (χ4v) is 7.15. The average molecular weight is 861 g/mol. The second-order valence-corrected chi connectivity index (χ2v) is 19.1. The molecule has 0 aliphatic heterocycles. The maximum Gasteiger partial charge on any atom is 0.394 e. The van der Waals surface area contributed by atoms with Gasteiger partial charge >= 0.3 is 10.4 Å². The molecule has 3 N–H and O–H groups in total. The van der Waals surface area contributed by atoms with Gasteiger partial charge in [-0.25, -0.2) is 8.42 Å². The predicted molar refractivity (Wildman–Crippen MR) is 245 cm³/mol. The lowest BCUT2D eigenvalue weighted by Gasteiger charge is -2.30. The normalized spacial score (nSPS) is 12.3. The highest BCUT2D eigenvalue weighted by molar-refractivity contribution is 7.80. The summed E-state index contributed by atoms with van der Waals surface area (Å²) in [5, 5.41) is 0. The Kier molecular flexibility index (Phi) is 51.9. The largest absolute Gasteiger partial charge is 0.726 e. The summed E-state index contributed by atoms with van der Waals surface area (Å²) < 4.78 is 65.7. The van der Waals surface area contributed by atoms with E-state index in [0.717, 1.165) is 6.04 Å². The van der Waals surface area contributed by atoms with Gasteiger partial charge in [-0.15, -0.1) is 0 Å². The zero-order valence-electron chi connectivity index (χ0n) is 39.1. The predicted octanol–water partition coefficient (Wildman–Crippen LogP) is 13.7. The lowest BCUT2D eigenvalue weighted by molar-refractivity contribution is -0.890. The van der Waals surface area contributed by atoms with E-state index >= 15 is 0 Å². The first kappa shape index (κ1) is 63.3. The molecule has 1 unspecified atom stereocenters.